The largest absolute Gasteiger partial charge is 0.504 e. The average Bonchev–Trinajstić information content (AvgIpc) is 2.09. The second-order valence-electron chi connectivity index (χ2n) is 3.17. The van der Waals surface area contributed by atoms with Crippen molar-refractivity contribution >= 4 is 15.9 Å². The Hall–Kier alpha value is -0.740. The van der Waals surface area contributed by atoms with Gasteiger partial charge in [-0.3, -0.25) is 0 Å². The number of rotatable bonds is 3. The number of aromatic hydroxyl groups is 1. The Labute approximate surface area is 91.5 Å². The quantitative estimate of drug-likeness (QED) is 0.875. The summed E-state index contributed by atoms with van der Waals surface area (Å²) in [5.41, 5.74) is 0.672. The maximum atomic E-state index is 9.71. The van der Waals surface area contributed by atoms with E-state index >= 15 is 0 Å². The fourth-order valence-electron chi connectivity index (χ4n) is 1.26. The number of aliphatic hydroxyl groups excluding tert-OH is 1. The van der Waals surface area contributed by atoms with Gasteiger partial charge < -0.3 is 14.9 Å². The standard InChI is InChI=1S/C10H13BrO3/c1-6(12)3-7-4-8(11)5-9(14-2)10(7)13/h4-6,12-13H,3H2,1-2H3. The number of halogens is 1. The molecule has 0 spiro atoms. The van der Waals surface area contributed by atoms with Crippen LogP contribution in [0.3, 0.4) is 0 Å². The molecule has 0 saturated carbocycles. The molecule has 4 heteroatoms. The lowest BCUT2D eigenvalue weighted by molar-refractivity contribution is 0.194. The molecule has 14 heavy (non-hydrogen) atoms. The summed E-state index contributed by atoms with van der Waals surface area (Å²) in [7, 11) is 1.49. The molecule has 0 fully saturated rings. The van der Waals surface area contributed by atoms with Gasteiger partial charge >= 0.3 is 0 Å². The first-order valence-electron chi connectivity index (χ1n) is 4.28. The molecular formula is C10H13BrO3. The minimum Gasteiger partial charge on any atom is -0.504 e. The Morgan fingerprint density at radius 2 is 2.14 bits per heavy atom. The van der Waals surface area contributed by atoms with E-state index in [4.69, 9.17) is 4.74 Å². The highest BCUT2D eigenvalue weighted by Crippen LogP contribution is 2.34. The van der Waals surface area contributed by atoms with Crippen molar-refractivity contribution in [3.63, 3.8) is 0 Å². The minimum absolute atomic E-state index is 0.0941. The van der Waals surface area contributed by atoms with E-state index in [2.05, 4.69) is 15.9 Å². The van der Waals surface area contributed by atoms with Crippen molar-refractivity contribution in [2.24, 2.45) is 0 Å². The summed E-state index contributed by atoms with van der Waals surface area (Å²) in [4.78, 5) is 0. The highest BCUT2D eigenvalue weighted by Gasteiger charge is 2.11. The molecule has 2 N–H and O–H groups in total. The van der Waals surface area contributed by atoms with Gasteiger partial charge in [0, 0.05) is 16.5 Å². The van der Waals surface area contributed by atoms with Crippen molar-refractivity contribution in [1.29, 1.82) is 0 Å². The molecule has 3 nitrogen and oxygen atoms in total. The van der Waals surface area contributed by atoms with Crippen LogP contribution in [0.4, 0.5) is 0 Å². The third kappa shape index (κ3) is 2.62. The summed E-state index contributed by atoms with van der Waals surface area (Å²) < 4.78 is 5.81. The molecule has 0 aliphatic carbocycles. The highest BCUT2D eigenvalue weighted by atomic mass is 79.9. The van der Waals surface area contributed by atoms with Gasteiger partial charge in [0.1, 0.15) is 0 Å². The number of hydrogen-bond acceptors (Lipinski definition) is 3. The molecule has 78 valence electrons. The second kappa shape index (κ2) is 4.66. The second-order valence-corrected chi connectivity index (χ2v) is 4.08. The summed E-state index contributed by atoms with van der Waals surface area (Å²) >= 11 is 3.31. The van der Waals surface area contributed by atoms with Gasteiger partial charge in [0.05, 0.1) is 13.2 Å². The van der Waals surface area contributed by atoms with Crippen LogP contribution < -0.4 is 4.74 Å². The van der Waals surface area contributed by atoms with E-state index in [0.29, 0.717) is 17.7 Å². The van der Waals surface area contributed by atoms with Crippen LogP contribution in [-0.4, -0.2) is 23.4 Å². The van der Waals surface area contributed by atoms with Gasteiger partial charge in [0.25, 0.3) is 0 Å². The maximum Gasteiger partial charge on any atom is 0.161 e. The highest BCUT2D eigenvalue weighted by molar-refractivity contribution is 9.10. The van der Waals surface area contributed by atoms with Crippen LogP contribution in [0.15, 0.2) is 16.6 Å². The van der Waals surface area contributed by atoms with Gasteiger partial charge in [-0.2, -0.15) is 0 Å². The normalized spacial score (nSPS) is 12.6. The number of phenols is 1. The zero-order valence-electron chi connectivity index (χ0n) is 8.12. The molecule has 1 aromatic rings. The SMILES string of the molecule is COc1cc(Br)cc(CC(C)O)c1O. The predicted molar refractivity (Wildman–Crippen MR) is 57.7 cm³/mol. The molecule has 0 aromatic heterocycles. The smallest absolute Gasteiger partial charge is 0.161 e. The molecule has 0 aliphatic heterocycles. The number of phenolic OH excluding ortho intramolecular Hbond substituents is 1. The van der Waals surface area contributed by atoms with Crippen LogP contribution in [-0.2, 0) is 6.42 Å². The van der Waals surface area contributed by atoms with Crippen molar-refractivity contribution in [2.75, 3.05) is 7.11 Å². The lowest BCUT2D eigenvalue weighted by Crippen LogP contribution is -2.04. The van der Waals surface area contributed by atoms with Gasteiger partial charge in [-0.1, -0.05) is 15.9 Å². The van der Waals surface area contributed by atoms with E-state index in [1.54, 1.807) is 19.1 Å². The minimum atomic E-state index is -0.486. The summed E-state index contributed by atoms with van der Waals surface area (Å²) in [6.45, 7) is 1.67. The van der Waals surface area contributed by atoms with Crippen LogP contribution in [0, 0.1) is 0 Å². The fraction of sp³-hybridized carbons (Fsp3) is 0.400. The van der Waals surface area contributed by atoms with Crippen LogP contribution in [0.5, 0.6) is 11.5 Å². The van der Waals surface area contributed by atoms with Crippen molar-refractivity contribution in [2.45, 2.75) is 19.4 Å². The van der Waals surface area contributed by atoms with Crippen LogP contribution in [0.25, 0.3) is 0 Å². The molecule has 0 amide bonds. The van der Waals surface area contributed by atoms with Gasteiger partial charge in [-0.25, -0.2) is 0 Å². The molecule has 1 rings (SSSR count). The van der Waals surface area contributed by atoms with E-state index in [-0.39, 0.29) is 5.75 Å². The number of benzene rings is 1. The number of hydrogen-bond donors (Lipinski definition) is 2. The van der Waals surface area contributed by atoms with Crippen LogP contribution in [0.1, 0.15) is 12.5 Å². The Balaban J connectivity index is 3.08. The van der Waals surface area contributed by atoms with E-state index in [0.717, 1.165) is 4.47 Å². The van der Waals surface area contributed by atoms with Gasteiger partial charge in [0.15, 0.2) is 11.5 Å². The summed E-state index contributed by atoms with van der Waals surface area (Å²) in [6.07, 6.45) is -0.0818. The van der Waals surface area contributed by atoms with Gasteiger partial charge in [-0.15, -0.1) is 0 Å². The van der Waals surface area contributed by atoms with Gasteiger partial charge in [0.2, 0.25) is 0 Å². The number of ether oxygens (including phenoxy) is 1. The lowest BCUT2D eigenvalue weighted by Gasteiger charge is -2.11. The summed E-state index contributed by atoms with van der Waals surface area (Å²) in [5.74, 6) is 0.506. The van der Waals surface area contributed by atoms with E-state index < -0.39 is 6.10 Å². The molecule has 0 heterocycles. The van der Waals surface area contributed by atoms with Crippen molar-refractivity contribution < 1.29 is 14.9 Å². The predicted octanol–water partition coefficient (Wildman–Crippen LogP) is 2.09. The van der Waals surface area contributed by atoms with E-state index in [1.807, 2.05) is 0 Å². The van der Waals surface area contributed by atoms with Crippen molar-refractivity contribution in [3.05, 3.63) is 22.2 Å². The zero-order chi connectivity index (χ0) is 10.7. The summed E-state index contributed by atoms with van der Waals surface area (Å²) in [5, 5.41) is 18.9. The first kappa shape index (κ1) is 11.3. The van der Waals surface area contributed by atoms with Crippen molar-refractivity contribution in [3.8, 4) is 11.5 Å². The maximum absolute atomic E-state index is 9.71. The molecular weight excluding hydrogens is 248 g/mol. The van der Waals surface area contributed by atoms with Crippen molar-refractivity contribution in [1.82, 2.24) is 0 Å². The Bertz CT molecular complexity index is 323. The molecule has 0 aliphatic rings. The number of methoxy groups -OCH3 is 1. The van der Waals surface area contributed by atoms with E-state index in [1.165, 1.54) is 7.11 Å². The Morgan fingerprint density at radius 1 is 1.50 bits per heavy atom. The Morgan fingerprint density at radius 3 is 2.64 bits per heavy atom. The molecule has 1 unspecified atom stereocenters. The fourth-order valence-corrected chi connectivity index (χ4v) is 1.74. The number of aliphatic hydroxyl groups is 1. The lowest BCUT2D eigenvalue weighted by atomic mass is 10.1. The zero-order valence-corrected chi connectivity index (χ0v) is 9.71. The van der Waals surface area contributed by atoms with E-state index in [9.17, 15) is 10.2 Å². The monoisotopic (exact) mass is 260 g/mol. The molecule has 0 radical (unpaired) electrons. The topological polar surface area (TPSA) is 49.7 Å². The van der Waals surface area contributed by atoms with Gasteiger partial charge in [-0.05, 0) is 19.1 Å². The molecule has 0 saturated heterocycles. The summed E-state index contributed by atoms with van der Waals surface area (Å²) in [6, 6.07) is 3.45. The Kier molecular flexibility index (Phi) is 3.77. The molecule has 0 bridgehead atoms. The molecule has 1 atom stereocenters. The van der Waals surface area contributed by atoms with Crippen LogP contribution in [0.2, 0.25) is 0 Å². The third-order valence-corrected chi connectivity index (χ3v) is 2.31. The van der Waals surface area contributed by atoms with Crippen LogP contribution >= 0.6 is 15.9 Å². The molecule has 1 aromatic carbocycles. The average molecular weight is 261 g/mol. The first-order valence-corrected chi connectivity index (χ1v) is 5.07. The third-order valence-electron chi connectivity index (χ3n) is 1.85. The first-order chi connectivity index (χ1) is 6.54.